The van der Waals surface area contributed by atoms with Gasteiger partial charge in [-0.1, -0.05) is 42.5 Å². The van der Waals surface area contributed by atoms with E-state index in [2.05, 4.69) is 0 Å². The lowest BCUT2D eigenvalue weighted by atomic mass is 10.2. The van der Waals surface area contributed by atoms with Crippen molar-refractivity contribution >= 4 is 14.6 Å². The lowest BCUT2D eigenvalue weighted by Gasteiger charge is -2.20. The zero-order chi connectivity index (χ0) is 14.1. The van der Waals surface area contributed by atoms with Crippen LogP contribution in [0, 0.1) is 10.1 Å². The summed E-state index contributed by atoms with van der Waals surface area (Å²) in [6.45, 7) is 4.13. The van der Waals surface area contributed by atoms with Gasteiger partial charge >= 0.3 is 8.56 Å². The highest BCUT2D eigenvalue weighted by molar-refractivity contribution is 6.64. The smallest absolute Gasteiger partial charge is 0.332 e. The van der Waals surface area contributed by atoms with Crippen LogP contribution < -0.4 is 0 Å². The van der Waals surface area contributed by atoms with E-state index in [4.69, 9.17) is 8.85 Å². The fourth-order valence-corrected chi connectivity index (χ4v) is 2.57. The largest absolute Gasteiger partial charge is 0.391 e. The molecule has 19 heavy (non-hydrogen) atoms. The normalized spacial score (nSPS) is 11.9. The summed E-state index contributed by atoms with van der Waals surface area (Å²) in [7, 11) is -2.26. The zero-order valence-electron chi connectivity index (χ0n) is 11.2. The highest BCUT2D eigenvalue weighted by atomic mass is 28.4. The Balaban J connectivity index is 2.27. The van der Waals surface area contributed by atoms with E-state index < -0.39 is 8.56 Å². The van der Waals surface area contributed by atoms with Crippen molar-refractivity contribution in [3.63, 3.8) is 0 Å². The quantitative estimate of drug-likeness (QED) is 0.417. The van der Waals surface area contributed by atoms with Crippen LogP contribution in [-0.4, -0.2) is 33.2 Å². The molecule has 0 amide bonds. The molecule has 0 saturated heterocycles. The van der Waals surface area contributed by atoms with Crippen LogP contribution in [0.15, 0.2) is 36.4 Å². The predicted octanol–water partition coefficient (Wildman–Crippen LogP) is 2.71. The topological polar surface area (TPSA) is 61.6 Å². The van der Waals surface area contributed by atoms with Crippen LogP contribution in [0.1, 0.15) is 5.56 Å². The van der Waals surface area contributed by atoms with Crippen LogP contribution in [0.4, 0.5) is 0 Å². The summed E-state index contributed by atoms with van der Waals surface area (Å²) in [6.07, 6.45) is 3.89. The molecule has 1 rings (SSSR count). The van der Waals surface area contributed by atoms with Crippen LogP contribution >= 0.6 is 0 Å². The summed E-state index contributed by atoms with van der Waals surface area (Å²) < 4.78 is 11.1. The van der Waals surface area contributed by atoms with Crippen molar-refractivity contribution < 1.29 is 13.8 Å². The predicted molar refractivity (Wildman–Crippen MR) is 76.7 cm³/mol. The molecule has 0 N–H and O–H groups in total. The van der Waals surface area contributed by atoms with Gasteiger partial charge in [0.1, 0.15) is 6.61 Å². The van der Waals surface area contributed by atoms with Crippen LogP contribution in [0.2, 0.25) is 13.1 Å². The number of rotatable bonds is 8. The van der Waals surface area contributed by atoms with E-state index in [1.54, 1.807) is 0 Å². The number of hydrogen-bond acceptors (Lipinski definition) is 4. The number of benzene rings is 1. The van der Waals surface area contributed by atoms with Crippen molar-refractivity contribution in [2.75, 3.05) is 19.8 Å². The molecule has 0 unspecified atom stereocenters. The molecule has 0 aliphatic rings. The van der Waals surface area contributed by atoms with Gasteiger partial charge in [0.15, 0.2) is 0 Å². The third-order valence-electron chi connectivity index (χ3n) is 2.36. The molecule has 0 heterocycles. The van der Waals surface area contributed by atoms with Crippen LogP contribution in [0.5, 0.6) is 0 Å². The molecule has 6 heteroatoms. The van der Waals surface area contributed by atoms with Crippen molar-refractivity contribution in [1.82, 2.24) is 0 Å². The third kappa shape index (κ3) is 7.50. The van der Waals surface area contributed by atoms with E-state index in [-0.39, 0.29) is 18.1 Å². The van der Waals surface area contributed by atoms with Gasteiger partial charge in [-0.15, -0.1) is 0 Å². The molecular formula is C13H19NO4Si. The first-order valence-electron chi connectivity index (χ1n) is 6.11. The maximum atomic E-state index is 10.2. The molecule has 0 aliphatic carbocycles. The van der Waals surface area contributed by atoms with Crippen LogP contribution in [0.25, 0.3) is 6.08 Å². The van der Waals surface area contributed by atoms with E-state index >= 15 is 0 Å². The van der Waals surface area contributed by atoms with Crippen molar-refractivity contribution in [2.24, 2.45) is 0 Å². The van der Waals surface area contributed by atoms with E-state index in [9.17, 15) is 10.1 Å². The lowest BCUT2D eigenvalue weighted by molar-refractivity contribution is -0.482. The average Bonchev–Trinajstić information content (AvgIpc) is 2.35. The minimum atomic E-state index is -2.26. The van der Waals surface area contributed by atoms with E-state index in [0.29, 0.717) is 6.61 Å². The Kier molecular flexibility index (Phi) is 6.41. The SMILES string of the molecule is C[Si](C)(OC/C=C/c1ccccc1)OCC[N+](=O)[O-]. The van der Waals surface area contributed by atoms with Crippen LogP contribution in [-0.2, 0) is 8.85 Å². The van der Waals surface area contributed by atoms with Gasteiger partial charge in [-0.3, -0.25) is 10.1 Å². The average molecular weight is 281 g/mol. The maximum absolute atomic E-state index is 10.2. The Morgan fingerprint density at radius 2 is 1.95 bits per heavy atom. The summed E-state index contributed by atoms with van der Waals surface area (Å²) in [4.78, 5) is 9.80. The second-order valence-electron chi connectivity index (χ2n) is 4.43. The number of nitrogens with zero attached hydrogens (tertiary/aromatic N) is 1. The zero-order valence-corrected chi connectivity index (χ0v) is 12.2. The molecule has 0 spiro atoms. The second-order valence-corrected chi connectivity index (χ2v) is 7.81. The Bertz CT molecular complexity index is 420. The van der Waals surface area contributed by atoms with E-state index in [1.807, 2.05) is 55.6 Å². The molecule has 0 radical (unpaired) electrons. The monoisotopic (exact) mass is 281 g/mol. The third-order valence-corrected chi connectivity index (χ3v) is 4.12. The van der Waals surface area contributed by atoms with Gasteiger partial charge in [0.2, 0.25) is 6.54 Å². The van der Waals surface area contributed by atoms with Gasteiger partial charge in [0.05, 0.1) is 6.61 Å². The summed E-state index contributed by atoms with van der Waals surface area (Å²) in [6, 6.07) is 9.92. The van der Waals surface area contributed by atoms with E-state index in [1.165, 1.54) is 0 Å². The fourth-order valence-electron chi connectivity index (χ4n) is 1.40. The van der Waals surface area contributed by atoms with Crippen molar-refractivity contribution in [1.29, 1.82) is 0 Å². The van der Waals surface area contributed by atoms with Crippen molar-refractivity contribution in [3.8, 4) is 0 Å². The molecule has 0 fully saturated rings. The summed E-state index contributed by atoms with van der Waals surface area (Å²) in [5.74, 6) is 0. The molecule has 1 aromatic carbocycles. The minimum Gasteiger partial charge on any atom is -0.391 e. The molecule has 0 aromatic heterocycles. The molecule has 0 aliphatic heterocycles. The first-order valence-corrected chi connectivity index (χ1v) is 8.92. The fraction of sp³-hybridized carbons (Fsp3) is 0.385. The molecule has 0 atom stereocenters. The van der Waals surface area contributed by atoms with Crippen LogP contribution in [0.3, 0.4) is 0 Å². The van der Waals surface area contributed by atoms with E-state index in [0.717, 1.165) is 5.56 Å². The molecule has 1 aromatic rings. The highest BCUT2D eigenvalue weighted by Crippen LogP contribution is 2.07. The molecule has 5 nitrogen and oxygen atoms in total. The van der Waals surface area contributed by atoms with Gasteiger partial charge in [-0.25, -0.2) is 0 Å². The molecule has 104 valence electrons. The summed E-state index contributed by atoms with van der Waals surface area (Å²) >= 11 is 0. The molecule has 0 saturated carbocycles. The highest BCUT2D eigenvalue weighted by Gasteiger charge is 2.24. The number of hydrogen-bond donors (Lipinski definition) is 0. The Morgan fingerprint density at radius 1 is 1.26 bits per heavy atom. The standard InChI is InChI=1S/C13H19NO4Si/c1-19(2,18-12-10-14(15)16)17-11-6-9-13-7-4-3-5-8-13/h3-9H,10-12H2,1-2H3/b9-6+. The molecule has 0 bridgehead atoms. The second kappa shape index (κ2) is 7.83. The maximum Gasteiger partial charge on any atom is 0.332 e. The summed E-state index contributed by atoms with van der Waals surface area (Å²) in [5.41, 5.74) is 1.11. The van der Waals surface area contributed by atoms with Gasteiger partial charge < -0.3 is 8.85 Å². The van der Waals surface area contributed by atoms with Gasteiger partial charge in [0.25, 0.3) is 0 Å². The Labute approximate surface area is 114 Å². The molecular weight excluding hydrogens is 262 g/mol. The van der Waals surface area contributed by atoms with Gasteiger partial charge in [-0.05, 0) is 18.7 Å². The van der Waals surface area contributed by atoms with Crippen molar-refractivity contribution in [2.45, 2.75) is 13.1 Å². The first kappa shape index (κ1) is 15.6. The lowest BCUT2D eigenvalue weighted by Crippen LogP contribution is -2.36. The van der Waals surface area contributed by atoms with Gasteiger partial charge in [-0.2, -0.15) is 0 Å². The first-order chi connectivity index (χ1) is 8.99. The number of nitro groups is 1. The van der Waals surface area contributed by atoms with Crippen molar-refractivity contribution in [3.05, 3.63) is 52.1 Å². The Hall–Kier alpha value is -1.50. The summed E-state index contributed by atoms with van der Waals surface area (Å²) in [5, 5.41) is 10.2. The Morgan fingerprint density at radius 3 is 2.58 bits per heavy atom. The van der Waals surface area contributed by atoms with Gasteiger partial charge in [0, 0.05) is 4.92 Å². The minimum absolute atomic E-state index is 0.106.